The number of anilines is 1. The van der Waals surface area contributed by atoms with Gasteiger partial charge in [0.1, 0.15) is 17.2 Å². The van der Waals surface area contributed by atoms with Gasteiger partial charge in [0.2, 0.25) is 0 Å². The van der Waals surface area contributed by atoms with Crippen molar-refractivity contribution >= 4 is 16.6 Å². The Labute approximate surface area is 147 Å². The summed E-state index contributed by atoms with van der Waals surface area (Å²) in [5, 5.41) is 0.973. The number of benzene rings is 2. The Balaban J connectivity index is 1.73. The largest absolute Gasteiger partial charge is 0.497 e. The zero-order chi connectivity index (χ0) is 17.2. The number of methoxy groups -OCH3 is 1. The van der Waals surface area contributed by atoms with Gasteiger partial charge >= 0.3 is 0 Å². The summed E-state index contributed by atoms with van der Waals surface area (Å²) in [6.07, 6.45) is 5.67. The predicted molar refractivity (Wildman–Crippen MR) is 100 cm³/mol. The van der Waals surface area contributed by atoms with E-state index in [2.05, 4.69) is 0 Å². The maximum atomic E-state index is 6.50. The van der Waals surface area contributed by atoms with Gasteiger partial charge < -0.3 is 15.2 Å². The minimum absolute atomic E-state index is 0.736. The fourth-order valence-electron chi connectivity index (χ4n) is 3.48. The normalized spacial score (nSPS) is 14.0. The smallest absolute Gasteiger partial charge is 0.131 e. The maximum absolute atomic E-state index is 6.50. The molecule has 0 radical (unpaired) electrons. The highest BCUT2D eigenvalue weighted by Gasteiger charge is 2.16. The quantitative estimate of drug-likeness (QED) is 0.693. The molecule has 2 N–H and O–H groups in total. The Morgan fingerprint density at radius 1 is 0.920 bits per heavy atom. The summed E-state index contributed by atoms with van der Waals surface area (Å²) in [7, 11) is 1.65. The molecule has 128 valence electrons. The third kappa shape index (κ3) is 3.12. The number of hydrogen-bond donors (Lipinski definition) is 1. The molecule has 0 unspecified atom stereocenters. The SMILES string of the molecule is COc1cccc(Oc2ccc3nc4c(c(N)c3c2)CCCCC4)c1. The molecule has 0 amide bonds. The van der Waals surface area contributed by atoms with Gasteiger partial charge in [0.05, 0.1) is 12.6 Å². The van der Waals surface area contributed by atoms with Crippen molar-refractivity contribution in [3.63, 3.8) is 0 Å². The lowest BCUT2D eigenvalue weighted by Gasteiger charge is -2.13. The van der Waals surface area contributed by atoms with E-state index in [-0.39, 0.29) is 0 Å². The molecule has 0 saturated heterocycles. The van der Waals surface area contributed by atoms with Crippen molar-refractivity contribution in [3.8, 4) is 17.2 Å². The van der Waals surface area contributed by atoms with Crippen LogP contribution in [0.1, 0.15) is 30.5 Å². The Kier molecular flexibility index (Phi) is 4.18. The van der Waals surface area contributed by atoms with E-state index >= 15 is 0 Å². The second kappa shape index (κ2) is 6.63. The first kappa shape index (κ1) is 15.8. The van der Waals surface area contributed by atoms with Crippen LogP contribution < -0.4 is 15.2 Å². The van der Waals surface area contributed by atoms with Crippen molar-refractivity contribution in [1.29, 1.82) is 0 Å². The topological polar surface area (TPSA) is 57.4 Å². The lowest BCUT2D eigenvalue weighted by molar-refractivity contribution is 0.409. The van der Waals surface area contributed by atoms with E-state index in [0.29, 0.717) is 0 Å². The molecule has 0 spiro atoms. The molecule has 0 bridgehead atoms. The summed E-state index contributed by atoms with van der Waals surface area (Å²) >= 11 is 0. The van der Waals surface area contributed by atoms with E-state index in [0.717, 1.165) is 46.7 Å². The summed E-state index contributed by atoms with van der Waals surface area (Å²) in [6.45, 7) is 0. The fourth-order valence-corrected chi connectivity index (χ4v) is 3.48. The standard InChI is InChI=1S/C21H22N2O2/c1-24-14-6-5-7-15(12-14)25-16-10-11-20-18(13-16)21(22)17-8-3-2-4-9-19(17)23-20/h5-7,10-13H,2-4,8-9H2,1H3,(H2,22,23). The van der Waals surface area contributed by atoms with Gasteiger partial charge in [-0.05, 0) is 61.6 Å². The van der Waals surface area contributed by atoms with Gasteiger partial charge in [0, 0.05) is 22.8 Å². The number of aromatic nitrogens is 1. The zero-order valence-corrected chi connectivity index (χ0v) is 14.4. The second-order valence-corrected chi connectivity index (χ2v) is 6.47. The van der Waals surface area contributed by atoms with Crippen LogP contribution in [0.25, 0.3) is 10.9 Å². The monoisotopic (exact) mass is 334 g/mol. The van der Waals surface area contributed by atoms with E-state index in [1.165, 1.54) is 30.5 Å². The summed E-state index contributed by atoms with van der Waals surface area (Å²) in [6, 6.07) is 13.5. The Bertz CT molecular complexity index is 921. The average molecular weight is 334 g/mol. The maximum Gasteiger partial charge on any atom is 0.131 e. The van der Waals surface area contributed by atoms with Crippen LogP contribution in [0.4, 0.5) is 5.69 Å². The third-order valence-corrected chi connectivity index (χ3v) is 4.80. The van der Waals surface area contributed by atoms with E-state index in [1.807, 2.05) is 42.5 Å². The van der Waals surface area contributed by atoms with Gasteiger partial charge in [0.25, 0.3) is 0 Å². The molecule has 0 fully saturated rings. The van der Waals surface area contributed by atoms with Crippen LogP contribution in [0.15, 0.2) is 42.5 Å². The number of nitrogens with two attached hydrogens (primary N) is 1. The Hall–Kier alpha value is -2.75. The molecule has 0 aliphatic heterocycles. The Morgan fingerprint density at radius 2 is 1.72 bits per heavy atom. The number of aryl methyl sites for hydroxylation is 1. The highest BCUT2D eigenvalue weighted by Crippen LogP contribution is 2.34. The van der Waals surface area contributed by atoms with Crippen LogP contribution in [-0.4, -0.2) is 12.1 Å². The minimum atomic E-state index is 0.736. The average Bonchev–Trinajstić information content (AvgIpc) is 2.88. The molecule has 0 saturated carbocycles. The van der Waals surface area contributed by atoms with Crippen LogP contribution in [0.3, 0.4) is 0 Å². The van der Waals surface area contributed by atoms with E-state index in [4.69, 9.17) is 20.2 Å². The van der Waals surface area contributed by atoms with Crippen LogP contribution in [0, 0.1) is 0 Å². The van der Waals surface area contributed by atoms with Crippen LogP contribution >= 0.6 is 0 Å². The number of hydrogen-bond acceptors (Lipinski definition) is 4. The number of rotatable bonds is 3. The molecule has 0 atom stereocenters. The van der Waals surface area contributed by atoms with Crippen molar-refractivity contribution in [3.05, 3.63) is 53.7 Å². The molecule has 4 nitrogen and oxygen atoms in total. The first-order valence-electron chi connectivity index (χ1n) is 8.77. The molecular weight excluding hydrogens is 312 g/mol. The van der Waals surface area contributed by atoms with E-state index in [1.54, 1.807) is 7.11 Å². The number of ether oxygens (including phenoxy) is 2. The zero-order valence-electron chi connectivity index (χ0n) is 14.4. The van der Waals surface area contributed by atoms with Crippen molar-refractivity contribution < 1.29 is 9.47 Å². The number of nitrogens with zero attached hydrogens (tertiary/aromatic N) is 1. The molecule has 3 aromatic rings. The Morgan fingerprint density at radius 3 is 2.60 bits per heavy atom. The number of fused-ring (bicyclic) bond motifs is 2. The van der Waals surface area contributed by atoms with Gasteiger partial charge in [0.15, 0.2) is 0 Å². The third-order valence-electron chi connectivity index (χ3n) is 4.80. The summed E-state index contributed by atoms with van der Waals surface area (Å²) in [4.78, 5) is 4.86. The van der Waals surface area contributed by atoms with Crippen molar-refractivity contribution in [2.45, 2.75) is 32.1 Å². The van der Waals surface area contributed by atoms with Gasteiger partial charge in [-0.3, -0.25) is 4.98 Å². The molecule has 1 aliphatic carbocycles. The molecule has 25 heavy (non-hydrogen) atoms. The van der Waals surface area contributed by atoms with Gasteiger partial charge in [-0.15, -0.1) is 0 Å². The second-order valence-electron chi connectivity index (χ2n) is 6.47. The first-order valence-corrected chi connectivity index (χ1v) is 8.77. The van der Waals surface area contributed by atoms with Gasteiger partial charge in [-0.1, -0.05) is 12.5 Å². The first-order chi connectivity index (χ1) is 12.2. The number of nitrogen functional groups attached to an aromatic ring is 1. The highest BCUT2D eigenvalue weighted by molar-refractivity contribution is 5.93. The highest BCUT2D eigenvalue weighted by atomic mass is 16.5. The van der Waals surface area contributed by atoms with Crippen LogP contribution in [0.5, 0.6) is 17.2 Å². The van der Waals surface area contributed by atoms with E-state index < -0.39 is 0 Å². The van der Waals surface area contributed by atoms with Crippen LogP contribution in [0.2, 0.25) is 0 Å². The lowest BCUT2D eigenvalue weighted by Crippen LogP contribution is -2.03. The van der Waals surface area contributed by atoms with Crippen LogP contribution in [-0.2, 0) is 12.8 Å². The molecule has 4 heteroatoms. The van der Waals surface area contributed by atoms with Crippen molar-refractivity contribution in [2.75, 3.05) is 12.8 Å². The molecule has 1 aliphatic rings. The summed E-state index contributed by atoms with van der Waals surface area (Å²) in [5.41, 5.74) is 10.7. The number of pyridine rings is 1. The van der Waals surface area contributed by atoms with Gasteiger partial charge in [-0.2, -0.15) is 0 Å². The summed E-state index contributed by atoms with van der Waals surface area (Å²) in [5.74, 6) is 2.26. The summed E-state index contributed by atoms with van der Waals surface area (Å²) < 4.78 is 11.2. The lowest BCUT2D eigenvalue weighted by atomic mass is 10.0. The molecule has 4 rings (SSSR count). The molecule has 1 heterocycles. The minimum Gasteiger partial charge on any atom is -0.497 e. The van der Waals surface area contributed by atoms with E-state index in [9.17, 15) is 0 Å². The van der Waals surface area contributed by atoms with Crippen molar-refractivity contribution in [2.24, 2.45) is 0 Å². The fraction of sp³-hybridized carbons (Fsp3) is 0.286. The predicted octanol–water partition coefficient (Wildman–Crippen LogP) is 4.89. The molecule has 2 aromatic carbocycles. The molecule has 1 aromatic heterocycles. The van der Waals surface area contributed by atoms with Crippen molar-refractivity contribution in [1.82, 2.24) is 4.98 Å². The molecular formula is C21H22N2O2. The van der Waals surface area contributed by atoms with Gasteiger partial charge in [-0.25, -0.2) is 0 Å².